The number of nitrogens with zero attached hydrogens (tertiary/aromatic N) is 1. The fourth-order valence-corrected chi connectivity index (χ4v) is 3.02. The molecule has 5 nitrogen and oxygen atoms in total. The number of hydrogen-bond donors (Lipinski definition) is 3. The highest BCUT2D eigenvalue weighted by Gasteiger charge is 2.37. The predicted molar refractivity (Wildman–Crippen MR) is 82.0 cm³/mol. The van der Waals surface area contributed by atoms with Gasteiger partial charge in [0, 0.05) is 18.5 Å². The van der Waals surface area contributed by atoms with E-state index in [-0.39, 0.29) is 17.0 Å². The first kappa shape index (κ1) is 15.0. The summed E-state index contributed by atoms with van der Waals surface area (Å²) in [5, 5.41) is 3.47. The molecule has 0 spiro atoms. The third kappa shape index (κ3) is 3.03. The van der Waals surface area contributed by atoms with Gasteiger partial charge in [0.05, 0.1) is 5.54 Å². The average molecular weight is 278 g/mol. The van der Waals surface area contributed by atoms with Crippen molar-refractivity contribution in [3.63, 3.8) is 0 Å². The second kappa shape index (κ2) is 5.95. The molecule has 1 heterocycles. The van der Waals surface area contributed by atoms with E-state index in [0.29, 0.717) is 18.3 Å². The van der Waals surface area contributed by atoms with Gasteiger partial charge >= 0.3 is 0 Å². The SMILES string of the molecule is CC(C)c1nc(NC2(CN)CCCCC2C)cc(=O)[nH]1. The second-order valence-corrected chi connectivity index (χ2v) is 6.30. The Morgan fingerprint density at radius 3 is 2.90 bits per heavy atom. The standard InChI is InChI=1S/C15H26N4O/c1-10(2)14-17-12(8-13(20)18-14)19-15(9-16)7-5-4-6-11(15)3/h8,10-11H,4-7,9,16H2,1-3H3,(H2,17,18,19,20). The van der Waals surface area contributed by atoms with Crippen LogP contribution in [0.25, 0.3) is 0 Å². The highest BCUT2D eigenvalue weighted by Crippen LogP contribution is 2.35. The van der Waals surface area contributed by atoms with Crippen LogP contribution in [0.4, 0.5) is 5.82 Å². The number of H-pyrrole nitrogens is 1. The maximum Gasteiger partial charge on any atom is 0.252 e. The van der Waals surface area contributed by atoms with E-state index in [0.717, 1.165) is 12.2 Å². The summed E-state index contributed by atoms with van der Waals surface area (Å²) in [6, 6.07) is 1.53. The lowest BCUT2D eigenvalue weighted by molar-refractivity contribution is 0.235. The molecule has 2 atom stereocenters. The van der Waals surface area contributed by atoms with Gasteiger partial charge in [0.1, 0.15) is 11.6 Å². The summed E-state index contributed by atoms with van der Waals surface area (Å²) >= 11 is 0. The number of aromatic amines is 1. The number of anilines is 1. The highest BCUT2D eigenvalue weighted by molar-refractivity contribution is 5.38. The van der Waals surface area contributed by atoms with Crippen molar-refractivity contribution in [3.8, 4) is 0 Å². The lowest BCUT2D eigenvalue weighted by Gasteiger charge is -2.43. The summed E-state index contributed by atoms with van der Waals surface area (Å²) in [6.45, 7) is 6.84. The average Bonchev–Trinajstić information content (AvgIpc) is 2.41. The van der Waals surface area contributed by atoms with Crippen molar-refractivity contribution in [2.24, 2.45) is 11.7 Å². The minimum atomic E-state index is -0.132. The van der Waals surface area contributed by atoms with E-state index < -0.39 is 0 Å². The molecule has 0 aliphatic heterocycles. The van der Waals surface area contributed by atoms with E-state index in [4.69, 9.17) is 5.73 Å². The Bertz CT molecular complexity index is 511. The molecule has 0 radical (unpaired) electrons. The van der Waals surface area contributed by atoms with Crippen LogP contribution in [-0.4, -0.2) is 22.1 Å². The topological polar surface area (TPSA) is 83.8 Å². The molecule has 2 rings (SSSR count). The second-order valence-electron chi connectivity index (χ2n) is 6.30. The minimum Gasteiger partial charge on any atom is -0.363 e. The van der Waals surface area contributed by atoms with E-state index in [9.17, 15) is 4.79 Å². The molecule has 1 fully saturated rings. The van der Waals surface area contributed by atoms with Crippen molar-refractivity contribution < 1.29 is 0 Å². The van der Waals surface area contributed by atoms with Gasteiger partial charge < -0.3 is 16.0 Å². The first-order chi connectivity index (χ1) is 9.47. The summed E-state index contributed by atoms with van der Waals surface area (Å²) in [6.07, 6.45) is 4.64. The van der Waals surface area contributed by atoms with Crippen LogP contribution in [-0.2, 0) is 0 Å². The van der Waals surface area contributed by atoms with E-state index in [2.05, 4.69) is 22.2 Å². The molecule has 5 heteroatoms. The first-order valence-electron chi connectivity index (χ1n) is 7.56. The molecule has 0 aromatic carbocycles. The van der Waals surface area contributed by atoms with E-state index in [1.807, 2.05) is 13.8 Å². The molecule has 112 valence electrons. The minimum absolute atomic E-state index is 0.109. The van der Waals surface area contributed by atoms with Crippen LogP contribution in [0.15, 0.2) is 10.9 Å². The van der Waals surface area contributed by atoms with Gasteiger partial charge in [0.15, 0.2) is 0 Å². The summed E-state index contributed by atoms with van der Waals surface area (Å²) < 4.78 is 0. The molecule has 2 unspecified atom stereocenters. The van der Waals surface area contributed by atoms with Crippen LogP contribution in [0.5, 0.6) is 0 Å². The molecule has 1 saturated carbocycles. The van der Waals surface area contributed by atoms with Gasteiger partial charge in [-0.2, -0.15) is 0 Å². The van der Waals surface area contributed by atoms with Gasteiger partial charge in [-0.25, -0.2) is 4.98 Å². The Kier molecular flexibility index (Phi) is 4.48. The number of rotatable bonds is 4. The van der Waals surface area contributed by atoms with Crippen LogP contribution in [0.1, 0.15) is 58.2 Å². The van der Waals surface area contributed by atoms with Crippen LogP contribution >= 0.6 is 0 Å². The fourth-order valence-electron chi connectivity index (χ4n) is 3.02. The quantitative estimate of drug-likeness (QED) is 0.788. The molecule has 1 aliphatic carbocycles. The predicted octanol–water partition coefficient (Wildman–Crippen LogP) is 2.21. The number of hydrogen-bond acceptors (Lipinski definition) is 4. The molecular formula is C15H26N4O. The van der Waals surface area contributed by atoms with Crippen molar-refractivity contribution in [2.45, 2.75) is 57.9 Å². The van der Waals surface area contributed by atoms with E-state index >= 15 is 0 Å². The summed E-state index contributed by atoms with van der Waals surface area (Å²) in [4.78, 5) is 19.1. The summed E-state index contributed by atoms with van der Waals surface area (Å²) in [5.41, 5.74) is 5.80. The van der Waals surface area contributed by atoms with Crippen LogP contribution in [0.2, 0.25) is 0 Å². The van der Waals surface area contributed by atoms with Gasteiger partial charge in [0.2, 0.25) is 0 Å². The largest absolute Gasteiger partial charge is 0.363 e. The Morgan fingerprint density at radius 2 is 2.30 bits per heavy atom. The molecule has 0 bridgehead atoms. The molecule has 20 heavy (non-hydrogen) atoms. The monoisotopic (exact) mass is 278 g/mol. The molecule has 0 amide bonds. The number of nitrogens with one attached hydrogen (secondary N) is 2. The number of aromatic nitrogens is 2. The molecule has 1 aliphatic rings. The number of nitrogens with two attached hydrogens (primary N) is 1. The van der Waals surface area contributed by atoms with Crippen molar-refractivity contribution in [1.82, 2.24) is 9.97 Å². The third-order valence-electron chi connectivity index (χ3n) is 4.50. The zero-order valence-corrected chi connectivity index (χ0v) is 12.7. The van der Waals surface area contributed by atoms with Crippen LogP contribution < -0.4 is 16.6 Å². The molecule has 0 saturated heterocycles. The first-order valence-corrected chi connectivity index (χ1v) is 7.56. The lowest BCUT2D eigenvalue weighted by atomic mass is 9.73. The molecule has 1 aromatic heterocycles. The highest BCUT2D eigenvalue weighted by atomic mass is 16.1. The van der Waals surface area contributed by atoms with Crippen LogP contribution in [0, 0.1) is 5.92 Å². The molecule has 4 N–H and O–H groups in total. The van der Waals surface area contributed by atoms with E-state index in [1.54, 1.807) is 0 Å². The Labute approximate surface area is 120 Å². The van der Waals surface area contributed by atoms with E-state index in [1.165, 1.54) is 25.3 Å². The van der Waals surface area contributed by atoms with Gasteiger partial charge in [-0.1, -0.05) is 33.6 Å². The van der Waals surface area contributed by atoms with Crippen molar-refractivity contribution in [3.05, 3.63) is 22.2 Å². The van der Waals surface area contributed by atoms with Crippen LogP contribution in [0.3, 0.4) is 0 Å². The van der Waals surface area contributed by atoms with Gasteiger partial charge in [-0.3, -0.25) is 4.79 Å². The van der Waals surface area contributed by atoms with Gasteiger partial charge in [-0.05, 0) is 18.8 Å². The van der Waals surface area contributed by atoms with Gasteiger partial charge in [-0.15, -0.1) is 0 Å². The maximum absolute atomic E-state index is 11.8. The zero-order chi connectivity index (χ0) is 14.8. The molecule has 1 aromatic rings. The normalized spacial score (nSPS) is 26.8. The fraction of sp³-hybridized carbons (Fsp3) is 0.733. The summed E-state index contributed by atoms with van der Waals surface area (Å²) in [5.74, 6) is 2.05. The Balaban J connectivity index is 2.29. The lowest BCUT2D eigenvalue weighted by Crippen LogP contribution is -2.52. The summed E-state index contributed by atoms with van der Waals surface area (Å²) in [7, 11) is 0. The van der Waals surface area contributed by atoms with Crippen molar-refractivity contribution in [2.75, 3.05) is 11.9 Å². The van der Waals surface area contributed by atoms with Crippen molar-refractivity contribution >= 4 is 5.82 Å². The maximum atomic E-state index is 11.8. The van der Waals surface area contributed by atoms with Gasteiger partial charge in [0.25, 0.3) is 5.56 Å². The molecular weight excluding hydrogens is 252 g/mol. The smallest absolute Gasteiger partial charge is 0.252 e. The Hall–Kier alpha value is -1.36. The van der Waals surface area contributed by atoms with Crippen molar-refractivity contribution in [1.29, 1.82) is 0 Å². The third-order valence-corrected chi connectivity index (χ3v) is 4.50. The zero-order valence-electron chi connectivity index (χ0n) is 12.7. The Morgan fingerprint density at radius 1 is 1.55 bits per heavy atom.